The molecule has 7 heteroatoms. The summed E-state index contributed by atoms with van der Waals surface area (Å²) in [6, 6.07) is 10.4. The van der Waals surface area contributed by atoms with E-state index in [1.54, 1.807) is 30.3 Å². The van der Waals surface area contributed by atoms with Crippen LogP contribution in [0.3, 0.4) is 0 Å². The predicted octanol–water partition coefficient (Wildman–Crippen LogP) is 4.44. The van der Waals surface area contributed by atoms with Crippen molar-refractivity contribution in [3.05, 3.63) is 60.9 Å². The molecule has 0 aliphatic rings. The van der Waals surface area contributed by atoms with E-state index < -0.39 is 0 Å². The van der Waals surface area contributed by atoms with Crippen LogP contribution in [0.4, 0.5) is 0 Å². The molecule has 0 heterocycles. The van der Waals surface area contributed by atoms with Gasteiger partial charge in [0.15, 0.2) is 0 Å². The molecule has 1 amide bonds. The zero-order chi connectivity index (χ0) is 15.4. The normalized spacial score (nSPS) is 10.8. The van der Waals surface area contributed by atoms with Crippen molar-refractivity contribution in [2.45, 2.75) is 0 Å². The van der Waals surface area contributed by atoms with E-state index in [2.05, 4.69) is 58.3 Å². The Kier molecular flexibility index (Phi) is 5.55. The molecule has 2 aromatic rings. The topological polar surface area (TPSA) is 61.7 Å². The number of carbonyl (C=O) groups is 1. The minimum atomic E-state index is -0.340. The van der Waals surface area contributed by atoms with Crippen LogP contribution in [0.1, 0.15) is 15.9 Å². The van der Waals surface area contributed by atoms with Crippen molar-refractivity contribution in [3.8, 4) is 5.75 Å². The average Bonchev–Trinajstić information content (AvgIpc) is 2.44. The Morgan fingerprint density at radius 3 is 2.57 bits per heavy atom. The third kappa shape index (κ3) is 4.15. The molecule has 0 spiro atoms. The van der Waals surface area contributed by atoms with E-state index >= 15 is 0 Å². The Morgan fingerprint density at radius 1 is 1.14 bits per heavy atom. The van der Waals surface area contributed by atoms with Crippen molar-refractivity contribution in [3.63, 3.8) is 0 Å². The molecule has 2 aromatic carbocycles. The minimum absolute atomic E-state index is 0.0529. The van der Waals surface area contributed by atoms with E-state index in [1.165, 1.54) is 6.21 Å². The van der Waals surface area contributed by atoms with Gasteiger partial charge in [-0.1, -0.05) is 28.1 Å². The molecule has 0 atom stereocenters. The maximum absolute atomic E-state index is 11.9. The van der Waals surface area contributed by atoms with Crippen LogP contribution in [0, 0.1) is 0 Å². The highest BCUT2D eigenvalue weighted by Crippen LogP contribution is 2.30. The Balaban J connectivity index is 2.13. The number of hydrazone groups is 1. The van der Waals surface area contributed by atoms with E-state index in [-0.39, 0.29) is 11.7 Å². The molecule has 0 aromatic heterocycles. The SMILES string of the molecule is O=C(N/N=C/c1cc(Br)cc(Br)c1O)c1ccccc1Br. The number of carbonyl (C=O) groups excluding carboxylic acids is 1. The quantitative estimate of drug-likeness (QED) is 0.508. The van der Waals surface area contributed by atoms with Gasteiger partial charge in [-0.15, -0.1) is 0 Å². The summed E-state index contributed by atoms with van der Waals surface area (Å²) in [6.07, 6.45) is 1.37. The molecule has 0 unspecified atom stereocenters. The largest absolute Gasteiger partial charge is 0.506 e. The Morgan fingerprint density at radius 2 is 1.86 bits per heavy atom. The molecule has 0 aliphatic carbocycles. The third-order valence-corrected chi connectivity index (χ3v) is 4.30. The van der Waals surface area contributed by atoms with Crippen LogP contribution in [0.5, 0.6) is 5.75 Å². The van der Waals surface area contributed by atoms with Crippen LogP contribution in [0.2, 0.25) is 0 Å². The van der Waals surface area contributed by atoms with Crippen LogP contribution < -0.4 is 5.43 Å². The summed E-state index contributed by atoms with van der Waals surface area (Å²) < 4.78 is 2.01. The number of nitrogens with one attached hydrogen (secondary N) is 1. The number of halogens is 3. The zero-order valence-electron chi connectivity index (χ0n) is 10.5. The lowest BCUT2D eigenvalue weighted by atomic mass is 10.2. The highest BCUT2D eigenvalue weighted by Gasteiger charge is 2.08. The zero-order valence-corrected chi connectivity index (χ0v) is 15.2. The van der Waals surface area contributed by atoms with Gasteiger partial charge in [0.1, 0.15) is 5.75 Å². The van der Waals surface area contributed by atoms with Crippen LogP contribution in [-0.4, -0.2) is 17.2 Å². The van der Waals surface area contributed by atoms with E-state index in [4.69, 9.17) is 0 Å². The fourth-order valence-corrected chi connectivity index (χ4v) is 3.27. The Labute approximate surface area is 146 Å². The summed E-state index contributed by atoms with van der Waals surface area (Å²) in [5.41, 5.74) is 3.37. The molecule has 0 fully saturated rings. The highest BCUT2D eigenvalue weighted by molar-refractivity contribution is 9.11. The lowest BCUT2D eigenvalue weighted by Gasteiger charge is -2.04. The summed E-state index contributed by atoms with van der Waals surface area (Å²) in [5, 5.41) is 13.7. The van der Waals surface area contributed by atoms with Gasteiger partial charge in [0.25, 0.3) is 5.91 Å². The van der Waals surface area contributed by atoms with Gasteiger partial charge in [0, 0.05) is 14.5 Å². The first-order valence-corrected chi connectivity index (χ1v) is 8.13. The standard InChI is InChI=1S/C14H9Br3N2O2/c15-9-5-8(13(20)12(17)6-9)7-18-19-14(21)10-3-1-2-4-11(10)16/h1-7,20H,(H,19,21)/b18-7+. The monoisotopic (exact) mass is 474 g/mol. The van der Waals surface area contributed by atoms with Crippen LogP contribution >= 0.6 is 47.8 Å². The van der Waals surface area contributed by atoms with Gasteiger partial charge in [-0.2, -0.15) is 5.10 Å². The lowest BCUT2D eigenvalue weighted by Crippen LogP contribution is -2.18. The molecule has 0 radical (unpaired) electrons. The van der Waals surface area contributed by atoms with Crippen LogP contribution in [0.25, 0.3) is 0 Å². The van der Waals surface area contributed by atoms with Crippen molar-refractivity contribution >= 4 is 59.9 Å². The number of amides is 1. The molecule has 0 bridgehead atoms. The van der Waals surface area contributed by atoms with E-state index in [9.17, 15) is 9.90 Å². The second-order valence-corrected chi connectivity index (χ2v) is 6.63. The van der Waals surface area contributed by atoms with Crippen molar-refractivity contribution in [1.29, 1.82) is 0 Å². The molecule has 0 aliphatic heterocycles. The summed E-state index contributed by atoms with van der Waals surface area (Å²) in [7, 11) is 0. The number of aromatic hydroxyl groups is 1. The van der Waals surface area contributed by atoms with Gasteiger partial charge >= 0.3 is 0 Å². The molecule has 108 valence electrons. The Bertz CT molecular complexity index is 717. The number of hydrogen-bond donors (Lipinski definition) is 2. The maximum Gasteiger partial charge on any atom is 0.272 e. The summed E-state index contributed by atoms with van der Waals surface area (Å²) in [5.74, 6) is -0.288. The van der Waals surface area contributed by atoms with Crippen LogP contribution in [-0.2, 0) is 0 Å². The molecule has 0 saturated carbocycles. The van der Waals surface area contributed by atoms with Gasteiger partial charge in [-0.05, 0) is 56.1 Å². The average molecular weight is 477 g/mol. The smallest absolute Gasteiger partial charge is 0.272 e. The fourth-order valence-electron chi connectivity index (χ4n) is 1.55. The van der Waals surface area contributed by atoms with Gasteiger partial charge in [0.2, 0.25) is 0 Å². The molecular weight excluding hydrogens is 468 g/mol. The first-order chi connectivity index (χ1) is 9.99. The Hall–Kier alpha value is -1.18. The number of hydrogen-bond acceptors (Lipinski definition) is 3. The highest BCUT2D eigenvalue weighted by atomic mass is 79.9. The van der Waals surface area contributed by atoms with Crippen molar-refractivity contribution in [2.75, 3.05) is 0 Å². The lowest BCUT2D eigenvalue weighted by molar-refractivity contribution is 0.0954. The molecule has 21 heavy (non-hydrogen) atoms. The van der Waals surface area contributed by atoms with Gasteiger partial charge in [-0.3, -0.25) is 4.79 Å². The minimum Gasteiger partial charge on any atom is -0.506 e. The third-order valence-electron chi connectivity index (χ3n) is 2.55. The number of phenols is 1. The molecular formula is C14H9Br3N2O2. The van der Waals surface area contributed by atoms with Crippen molar-refractivity contribution in [1.82, 2.24) is 5.43 Å². The number of nitrogens with zero attached hydrogens (tertiary/aromatic N) is 1. The number of rotatable bonds is 3. The molecule has 2 N–H and O–H groups in total. The molecule has 4 nitrogen and oxygen atoms in total. The van der Waals surface area contributed by atoms with Gasteiger partial charge in [0.05, 0.1) is 16.3 Å². The van der Waals surface area contributed by atoms with Crippen molar-refractivity contribution in [2.24, 2.45) is 5.10 Å². The first-order valence-electron chi connectivity index (χ1n) is 5.75. The second kappa shape index (κ2) is 7.20. The number of benzene rings is 2. The maximum atomic E-state index is 11.9. The number of phenolic OH excluding ortho intramolecular Hbond substituents is 1. The van der Waals surface area contributed by atoms with Gasteiger partial charge in [-0.25, -0.2) is 5.43 Å². The van der Waals surface area contributed by atoms with Crippen molar-refractivity contribution < 1.29 is 9.90 Å². The second-order valence-electron chi connectivity index (χ2n) is 4.00. The summed E-state index contributed by atoms with van der Waals surface area (Å²) in [4.78, 5) is 11.9. The van der Waals surface area contributed by atoms with E-state index in [1.807, 2.05) is 6.07 Å². The predicted molar refractivity (Wildman–Crippen MR) is 92.7 cm³/mol. The molecule has 0 saturated heterocycles. The summed E-state index contributed by atoms with van der Waals surface area (Å²) in [6.45, 7) is 0. The van der Waals surface area contributed by atoms with E-state index in [0.717, 1.165) is 4.47 Å². The first kappa shape index (κ1) is 16.2. The summed E-state index contributed by atoms with van der Waals surface area (Å²) >= 11 is 9.85. The van der Waals surface area contributed by atoms with Crippen LogP contribution in [0.15, 0.2) is 54.9 Å². The van der Waals surface area contributed by atoms with E-state index in [0.29, 0.717) is 20.1 Å². The molecule has 2 rings (SSSR count). The fraction of sp³-hybridized carbons (Fsp3) is 0. The van der Waals surface area contributed by atoms with Gasteiger partial charge < -0.3 is 5.11 Å².